The van der Waals surface area contributed by atoms with Gasteiger partial charge in [0.2, 0.25) is 23.6 Å². The summed E-state index contributed by atoms with van der Waals surface area (Å²) in [4.78, 5) is 59.6. The molecule has 0 radical (unpaired) electrons. The second kappa shape index (κ2) is 15.7. The van der Waals surface area contributed by atoms with Gasteiger partial charge in [-0.25, -0.2) is 0 Å². The minimum atomic E-state index is -0.899. The van der Waals surface area contributed by atoms with Crippen LogP contribution in [0.25, 0.3) is 10.8 Å². The third-order valence-corrected chi connectivity index (χ3v) is 7.73. The first kappa shape index (κ1) is 32.3. The van der Waals surface area contributed by atoms with E-state index in [9.17, 15) is 19.2 Å². The van der Waals surface area contributed by atoms with Crippen molar-refractivity contribution in [2.75, 3.05) is 26.7 Å². The number of guanidine groups is 1. The molecule has 1 aliphatic rings. The van der Waals surface area contributed by atoms with Crippen LogP contribution in [0.3, 0.4) is 0 Å². The fourth-order valence-corrected chi connectivity index (χ4v) is 5.49. The molecule has 3 atom stereocenters. The lowest BCUT2D eigenvalue weighted by Crippen LogP contribution is -2.56. The molecule has 228 valence electrons. The minimum absolute atomic E-state index is 0.0608. The van der Waals surface area contributed by atoms with Crippen molar-refractivity contribution in [3.63, 3.8) is 0 Å². The molecule has 0 spiro atoms. The van der Waals surface area contributed by atoms with Crippen molar-refractivity contribution >= 4 is 40.4 Å². The van der Waals surface area contributed by atoms with Gasteiger partial charge in [0, 0.05) is 20.1 Å². The number of aliphatic imine (C=N–C) groups is 1. The number of primary amides is 1. The fraction of sp³-hybridized carbons (Fsp3) is 0.500. The first-order valence-corrected chi connectivity index (χ1v) is 14.5. The molecule has 3 rings (SSSR count). The van der Waals surface area contributed by atoms with Crippen molar-refractivity contribution < 1.29 is 19.2 Å². The van der Waals surface area contributed by atoms with Crippen molar-refractivity contribution in [2.24, 2.45) is 27.9 Å². The summed E-state index contributed by atoms with van der Waals surface area (Å²) in [5.41, 5.74) is 22.9. The van der Waals surface area contributed by atoms with Crippen molar-refractivity contribution in [1.82, 2.24) is 15.1 Å². The van der Waals surface area contributed by atoms with Gasteiger partial charge in [0.05, 0.1) is 6.42 Å². The highest BCUT2D eigenvalue weighted by Crippen LogP contribution is 2.23. The van der Waals surface area contributed by atoms with Gasteiger partial charge in [0.15, 0.2) is 5.96 Å². The van der Waals surface area contributed by atoms with Gasteiger partial charge < -0.3 is 38.1 Å². The number of amides is 4. The van der Waals surface area contributed by atoms with Crippen molar-refractivity contribution in [2.45, 2.75) is 69.5 Å². The van der Waals surface area contributed by atoms with Crippen molar-refractivity contribution in [3.05, 3.63) is 48.0 Å². The molecule has 0 aliphatic carbocycles. The Morgan fingerprint density at radius 2 is 1.76 bits per heavy atom. The zero-order valence-corrected chi connectivity index (χ0v) is 24.3. The van der Waals surface area contributed by atoms with E-state index in [0.29, 0.717) is 51.6 Å². The van der Waals surface area contributed by atoms with E-state index in [1.807, 2.05) is 42.5 Å². The molecule has 9 N–H and O–H groups in total. The predicted molar refractivity (Wildman–Crippen MR) is 163 cm³/mol. The molecule has 2 aromatic carbocycles. The molecule has 0 aromatic heterocycles. The van der Waals surface area contributed by atoms with E-state index in [4.69, 9.17) is 22.9 Å². The van der Waals surface area contributed by atoms with Crippen LogP contribution in [0.1, 0.15) is 50.5 Å². The van der Waals surface area contributed by atoms with E-state index < -0.39 is 29.9 Å². The van der Waals surface area contributed by atoms with Crippen LogP contribution in [0.15, 0.2) is 47.5 Å². The molecular weight excluding hydrogens is 536 g/mol. The average Bonchev–Trinajstić information content (AvgIpc) is 3.46. The molecule has 0 bridgehead atoms. The Morgan fingerprint density at radius 1 is 1.02 bits per heavy atom. The van der Waals surface area contributed by atoms with Gasteiger partial charge in [0.25, 0.3) is 0 Å². The van der Waals surface area contributed by atoms with Crippen LogP contribution in [0.2, 0.25) is 0 Å². The Bertz CT molecular complexity index is 1270. The highest BCUT2D eigenvalue weighted by molar-refractivity contribution is 5.95. The maximum absolute atomic E-state index is 13.6. The number of nitrogens with zero attached hydrogens (tertiary/aromatic N) is 3. The molecule has 12 heteroatoms. The molecule has 1 fully saturated rings. The monoisotopic (exact) mass is 580 g/mol. The molecule has 42 heavy (non-hydrogen) atoms. The maximum atomic E-state index is 13.6. The fourth-order valence-electron chi connectivity index (χ4n) is 5.49. The van der Waals surface area contributed by atoms with Crippen LogP contribution in [-0.4, -0.2) is 84.2 Å². The summed E-state index contributed by atoms with van der Waals surface area (Å²) in [6, 6.07) is 11.3. The van der Waals surface area contributed by atoms with Crippen LogP contribution in [0, 0.1) is 0 Å². The lowest BCUT2D eigenvalue weighted by molar-refractivity contribution is -0.143. The first-order valence-electron chi connectivity index (χ1n) is 14.5. The highest BCUT2D eigenvalue weighted by atomic mass is 16.2. The minimum Gasteiger partial charge on any atom is -0.370 e. The number of carbonyl (C=O) groups excluding carboxylic acids is 4. The Labute approximate surface area is 246 Å². The quantitative estimate of drug-likeness (QED) is 0.113. The Kier molecular flexibility index (Phi) is 12.1. The Hall–Kier alpha value is -4.19. The lowest BCUT2D eigenvalue weighted by Gasteiger charge is -2.31. The topological polar surface area (TPSA) is 203 Å². The molecule has 1 saturated heterocycles. The molecule has 2 unspecified atom stereocenters. The summed E-state index contributed by atoms with van der Waals surface area (Å²) in [5.74, 6) is -1.68. The second-order valence-electron chi connectivity index (χ2n) is 10.7. The summed E-state index contributed by atoms with van der Waals surface area (Å²) in [5, 5.41) is 4.93. The van der Waals surface area contributed by atoms with Gasteiger partial charge in [-0.05, 0) is 67.8 Å². The number of hydrogen-bond acceptors (Lipinski definition) is 6. The van der Waals surface area contributed by atoms with Crippen LogP contribution in [-0.2, 0) is 25.6 Å². The van der Waals surface area contributed by atoms with E-state index in [-0.39, 0.29) is 37.2 Å². The number of benzene rings is 2. The largest absolute Gasteiger partial charge is 0.370 e. The molecule has 0 saturated carbocycles. The van der Waals surface area contributed by atoms with Crippen molar-refractivity contribution in [3.8, 4) is 0 Å². The summed E-state index contributed by atoms with van der Waals surface area (Å²) in [6.07, 6.45) is 3.66. The van der Waals surface area contributed by atoms with Gasteiger partial charge in [0.1, 0.15) is 18.1 Å². The smallest absolute Gasteiger partial charge is 0.245 e. The number of nitrogens with two attached hydrogens (primary N) is 4. The van der Waals surface area contributed by atoms with E-state index in [1.165, 1.54) is 11.9 Å². The third-order valence-electron chi connectivity index (χ3n) is 7.73. The van der Waals surface area contributed by atoms with Gasteiger partial charge in [-0.15, -0.1) is 0 Å². The van der Waals surface area contributed by atoms with Crippen molar-refractivity contribution in [1.29, 1.82) is 0 Å². The molecule has 1 aliphatic heterocycles. The van der Waals surface area contributed by atoms with Crippen LogP contribution < -0.4 is 28.3 Å². The van der Waals surface area contributed by atoms with Gasteiger partial charge in [-0.2, -0.15) is 0 Å². The Morgan fingerprint density at radius 3 is 2.48 bits per heavy atom. The maximum Gasteiger partial charge on any atom is 0.245 e. The number of nitrogens with one attached hydrogen (secondary N) is 1. The van der Waals surface area contributed by atoms with E-state index >= 15 is 0 Å². The summed E-state index contributed by atoms with van der Waals surface area (Å²) < 4.78 is 0. The number of fused-ring (bicyclic) bond motifs is 1. The highest BCUT2D eigenvalue weighted by Gasteiger charge is 2.37. The normalized spacial score (nSPS) is 16.0. The molecule has 2 aromatic rings. The van der Waals surface area contributed by atoms with Gasteiger partial charge in [-0.3, -0.25) is 24.2 Å². The van der Waals surface area contributed by atoms with Crippen LogP contribution in [0.5, 0.6) is 0 Å². The predicted octanol–water partition coefficient (Wildman–Crippen LogP) is 0.353. The van der Waals surface area contributed by atoms with E-state index in [2.05, 4.69) is 10.3 Å². The number of carbonyl (C=O) groups is 4. The molecule has 1 heterocycles. The van der Waals surface area contributed by atoms with Crippen LogP contribution in [0.4, 0.5) is 0 Å². The third kappa shape index (κ3) is 8.65. The van der Waals surface area contributed by atoms with E-state index in [0.717, 1.165) is 16.3 Å². The molecular formula is C30H44N8O4. The second-order valence-corrected chi connectivity index (χ2v) is 10.7. The lowest BCUT2D eigenvalue weighted by atomic mass is 10.0. The standard InChI is InChI=1S/C30H44N8O4/c1-37(24(27(32)40)14-7-17-35-30(33)34)29(42)23(13-4-5-16-31)36-28(41)25-15-8-18-38(25)26(39)19-21-11-6-10-20-9-2-3-12-22(20)21/h2-3,6,9-12,23-25H,4-5,7-8,13-19,31H2,1H3,(H2,32,40)(H,36,41)(H4,33,34,35)/t23?,24?,25-/m0/s1. The van der Waals surface area contributed by atoms with Crippen LogP contribution >= 0.6 is 0 Å². The van der Waals surface area contributed by atoms with Gasteiger partial charge >= 0.3 is 0 Å². The SMILES string of the molecule is CN(C(=O)C(CCCCN)NC(=O)[C@@H]1CCCN1C(=O)Cc1cccc2ccccc12)C(CCCN=C(N)N)C(N)=O. The van der Waals surface area contributed by atoms with Gasteiger partial charge in [-0.1, -0.05) is 42.5 Å². The number of hydrogen-bond donors (Lipinski definition) is 5. The Balaban J connectivity index is 1.71. The number of likely N-dealkylation sites (tertiary alicyclic amines) is 1. The summed E-state index contributed by atoms with van der Waals surface area (Å²) >= 11 is 0. The summed E-state index contributed by atoms with van der Waals surface area (Å²) in [7, 11) is 1.50. The van der Waals surface area contributed by atoms with E-state index in [1.54, 1.807) is 4.90 Å². The summed E-state index contributed by atoms with van der Waals surface area (Å²) in [6.45, 7) is 1.19. The first-order chi connectivity index (χ1) is 20.1. The number of rotatable bonds is 15. The number of likely N-dealkylation sites (N-methyl/N-ethyl adjacent to an activating group) is 1. The molecule has 12 nitrogen and oxygen atoms in total. The number of unbranched alkanes of at least 4 members (excludes halogenated alkanes) is 1. The zero-order chi connectivity index (χ0) is 30.6. The molecule has 4 amide bonds. The zero-order valence-electron chi connectivity index (χ0n) is 24.3. The average molecular weight is 581 g/mol.